The van der Waals surface area contributed by atoms with E-state index in [9.17, 15) is 0 Å². The Labute approximate surface area is 169 Å². The molecule has 0 atom stereocenters. The highest BCUT2D eigenvalue weighted by Gasteiger charge is 2.07. The Balaban J connectivity index is 1.82. The number of rotatable bonds is 13. The smallest absolute Gasteiger partial charge is 0.120 e. The minimum Gasteiger partial charge on any atom is -0.497 e. The fourth-order valence-electron chi connectivity index (χ4n) is 3.01. The van der Waals surface area contributed by atoms with E-state index in [4.69, 9.17) is 14.2 Å². The predicted octanol–water partition coefficient (Wildman–Crippen LogP) is 4.07. The maximum Gasteiger partial charge on any atom is 0.120 e. The molecule has 0 bridgehead atoms. The Hall–Kier alpha value is -2.24. The van der Waals surface area contributed by atoms with Crippen LogP contribution in [0.3, 0.4) is 0 Å². The Morgan fingerprint density at radius 2 is 1.68 bits per heavy atom. The fourth-order valence-corrected chi connectivity index (χ4v) is 3.01. The zero-order valence-corrected chi connectivity index (χ0v) is 17.7. The van der Waals surface area contributed by atoms with Crippen LogP contribution >= 0.6 is 0 Å². The lowest BCUT2D eigenvalue weighted by atomic mass is 10.2. The van der Waals surface area contributed by atoms with Gasteiger partial charge in [-0.05, 0) is 50.2 Å². The van der Waals surface area contributed by atoms with Gasteiger partial charge in [0, 0.05) is 51.6 Å². The molecule has 0 saturated heterocycles. The summed E-state index contributed by atoms with van der Waals surface area (Å²) in [5.74, 6) is 1.80. The number of nitrogens with zero attached hydrogens (tertiary/aromatic N) is 2. The van der Waals surface area contributed by atoms with E-state index in [1.807, 2.05) is 12.1 Å². The lowest BCUT2D eigenvalue weighted by Gasteiger charge is -2.24. The van der Waals surface area contributed by atoms with E-state index in [1.54, 1.807) is 14.2 Å². The van der Waals surface area contributed by atoms with Crippen LogP contribution in [-0.4, -0.2) is 59.0 Å². The second-order valence-corrected chi connectivity index (χ2v) is 6.86. The van der Waals surface area contributed by atoms with E-state index in [2.05, 4.69) is 60.2 Å². The maximum absolute atomic E-state index is 5.88. The van der Waals surface area contributed by atoms with Crippen LogP contribution in [0.25, 0.3) is 0 Å². The van der Waals surface area contributed by atoms with Crippen LogP contribution < -0.4 is 14.4 Å². The second-order valence-electron chi connectivity index (χ2n) is 6.86. The van der Waals surface area contributed by atoms with Gasteiger partial charge in [0.2, 0.25) is 0 Å². The molecule has 0 fully saturated rings. The van der Waals surface area contributed by atoms with Crippen molar-refractivity contribution in [2.75, 3.05) is 59.0 Å². The van der Waals surface area contributed by atoms with E-state index in [-0.39, 0.29) is 0 Å². The first-order valence-corrected chi connectivity index (χ1v) is 9.94. The zero-order chi connectivity index (χ0) is 20.2. The van der Waals surface area contributed by atoms with Gasteiger partial charge < -0.3 is 24.0 Å². The summed E-state index contributed by atoms with van der Waals surface area (Å²) in [6.07, 6.45) is 1.04. The summed E-state index contributed by atoms with van der Waals surface area (Å²) in [4.78, 5) is 4.59. The number of hydrogen-bond acceptors (Lipinski definition) is 5. The zero-order valence-electron chi connectivity index (χ0n) is 17.7. The molecule has 2 aromatic rings. The summed E-state index contributed by atoms with van der Waals surface area (Å²) in [5, 5.41) is 0. The molecule has 2 aromatic carbocycles. The van der Waals surface area contributed by atoms with Crippen molar-refractivity contribution in [3.05, 3.63) is 54.1 Å². The highest BCUT2D eigenvalue weighted by atomic mass is 16.5. The summed E-state index contributed by atoms with van der Waals surface area (Å²) in [7, 11) is 5.55. The Kier molecular flexibility index (Phi) is 9.66. The lowest BCUT2D eigenvalue weighted by molar-refractivity contribution is 0.172. The van der Waals surface area contributed by atoms with Gasteiger partial charge in [0.25, 0.3) is 0 Å². The molecule has 0 saturated carbocycles. The van der Waals surface area contributed by atoms with Crippen molar-refractivity contribution in [2.24, 2.45) is 0 Å². The summed E-state index contributed by atoms with van der Waals surface area (Å²) < 4.78 is 16.3. The molecule has 0 N–H and O–H groups in total. The maximum atomic E-state index is 5.88. The van der Waals surface area contributed by atoms with Crippen molar-refractivity contribution in [2.45, 2.75) is 19.9 Å². The standard InChI is InChI=1S/C23H34N2O3/c1-5-25(21-8-6-9-23(18-21)27-4)19-20-10-12-22(13-11-20)28-17-15-24(2)14-7-16-26-3/h6,8-13,18H,5,7,14-17,19H2,1-4H3. The monoisotopic (exact) mass is 386 g/mol. The van der Waals surface area contributed by atoms with Crippen LogP contribution in [0.15, 0.2) is 48.5 Å². The average Bonchev–Trinajstić information content (AvgIpc) is 2.73. The van der Waals surface area contributed by atoms with Crippen molar-refractivity contribution in [1.29, 1.82) is 0 Å². The Morgan fingerprint density at radius 1 is 0.893 bits per heavy atom. The summed E-state index contributed by atoms with van der Waals surface area (Å²) >= 11 is 0. The third-order valence-corrected chi connectivity index (χ3v) is 4.73. The SMILES string of the molecule is CCN(Cc1ccc(OCCN(C)CCCOC)cc1)c1cccc(OC)c1. The summed E-state index contributed by atoms with van der Waals surface area (Å²) in [5.41, 5.74) is 2.42. The number of methoxy groups -OCH3 is 2. The molecule has 5 heteroatoms. The van der Waals surface area contributed by atoms with Crippen LogP contribution in [0.4, 0.5) is 5.69 Å². The van der Waals surface area contributed by atoms with Gasteiger partial charge in [-0.25, -0.2) is 0 Å². The fraction of sp³-hybridized carbons (Fsp3) is 0.478. The van der Waals surface area contributed by atoms with Crippen LogP contribution in [0.5, 0.6) is 11.5 Å². The molecule has 0 aromatic heterocycles. The molecule has 5 nitrogen and oxygen atoms in total. The number of benzene rings is 2. The number of ether oxygens (including phenoxy) is 3. The minimum atomic E-state index is 0.688. The number of likely N-dealkylation sites (N-methyl/N-ethyl adjacent to an activating group) is 1. The Bertz CT molecular complexity index is 676. The van der Waals surface area contributed by atoms with Gasteiger partial charge in [0.1, 0.15) is 18.1 Å². The second kappa shape index (κ2) is 12.3. The van der Waals surface area contributed by atoms with Gasteiger partial charge in [0.15, 0.2) is 0 Å². The average molecular weight is 387 g/mol. The quantitative estimate of drug-likeness (QED) is 0.485. The minimum absolute atomic E-state index is 0.688. The lowest BCUT2D eigenvalue weighted by Crippen LogP contribution is -2.26. The van der Waals surface area contributed by atoms with Crippen LogP contribution in [0.2, 0.25) is 0 Å². The van der Waals surface area contributed by atoms with E-state index in [0.29, 0.717) is 6.61 Å². The van der Waals surface area contributed by atoms with E-state index in [0.717, 1.165) is 50.7 Å². The molecule has 0 unspecified atom stereocenters. The molecule has 154 valence electrons. The molecular formula is C23H34N2O3. The largest absolute Gasteiger partial charge is 0.497 e. The molecule has 0 spiro atoms. The molecule has 0 amide bonds. The van der Waals surface area contributed by atoms with Gasteiger partial charge in [-0.1, -0.05) is 18.2 Å². The van der Waals surface area contributed by atoms with E-state index >= 15 is 0 Å². The topological polar surface area (TPSA) is 34.2 Å². The highest BCUT2D eigenvalue weighted by Crippen LogP contribution is 2.23. The van der Waals surface area contributed by atoms with Crippen molar-refractivity contribution in [1.82, 2.24) is 4.90 Å². The molecule has 0 aliphatic carbocycles. The first-order valence-electron chi connectivity index (χ1n) is 9.94. The Morgan fingerprint density at radius 3 is 2.36 bits per heavy atom. The van der Waals surface area contributed by atoms with E-state index < -0.39 is 0 Å². The third kappa shape index (κ3) is 7.41. The van der Waals surface area contributed by atoms with Crippen LogP contribution in [0.1, 0.15) is 18.9 Å². The van der Waals surface area contributed by atoms with Crippen LogP contribution in [0, 0.1) is 0 Å². The molecule has 2 rings (SSSR count). The highest BCUT2D eigenvalue weighted by molar-refractivity contribution is 5.51. The molecule has 0 aliphatic heterocycles. The van der Waals surface area contributed by atoms with Gasteiger partial charge in [-0.15, -0.1) is 0 Å². The van der Waals surface area contributed by atoms with Crippen molar-refractivity contribution < 1.29 is 14.2 Å². The third-order valence-electron chi connectivity index (χ3n) is 4.73. The molecule has 0 heterocycles. The van der Waals surface area contributed by atoms with Crippen molar-refractivity contribution >= 4 is 5.69 Å². The first-order chi connectivity index (χ1) is 13.7. The molecular weight excluding hydrogens is 352 g/mol. The molecule has 28 heavy (non-hydrogen) atoms. The van der Waals surface area contributed by atoms with Gasteiger partial charge in [-0.3, -0.25) is 0 Å². The summed E-state index contributed by atoms with van der Waals surface area (Å²) in [6, 6.07) is 16.6. The van der Waals surface area contributed by atoms with Crippen LogP contribution in [-0.2, 0) is 11.3 Å². The van der Waals surface area contributed by atoms with Crippen molar-refractivity contribution in [3.63, 3.8) is 0 Å². The van der Waals surface area contributed by atoms with Gasteiger partial charge in [0.05, 0.1) is 7.11 Å². The normalized spacial score (nSPS) is 10.9. The number of anilines is 1. The molecule has 0 aliphatic rings. The van der Waals surface area contributed by atoms with Crippen molar-refractivity contribution in [3.8, 4) is 11.5 Å². The number of hydrogen-bond donors (Lipinski definition) is 0. The van der Waals surface area contributed by atoms with Gasteiger partial charge in [-0.2, -0.15) is 0 Å². The summed E-state index contributed by atoms with van der Waals surface area (Å²) in [6.45, 7) is 7.37. The predicted molar refractivity (Wildman–Crippen MR) is 116 cm³/mol. The van der Waals surface area contributed by atoms with Gasteiger partial charge >= 0.3 is 0 Å². The molecule has 0 radical (unpaired) electrons. The first kappa shape index (κ1) is 22.1. The van der Waals surface area contributed by atoms with E-state index in [1.165, 1.54) is 11.3 Å².